The summed E-state index contributed by atoms with van der Waals surface area (Å²) in [6.45, 7) is 5.40. The van der Waals surface area contributed by atoms with Crippen LogP contribution in [0.3, 0.4) is 0 Å². The van der Waals surface area contributed by atoms with Crippen LogP contribution in [-0.2, 0) is 26.7 Å². The molecular weight excluding hydrogens is 434 g/mol. The van der Waals surface area contributed by atoms with Gasteiger partial charge < -0.3 is 4.18 Å². The Balaban J connectivity index is 1.96. The second-order valence-electron chi connectivity index (χ2n) is 7.39. The monoisotopic (exact) mass is 461 g/mol. The molecule has 31 heavy (non-hydrogen) atoms. The second kappa shape index (κ2) is 9.38. The first-order valence-electron chi connectivity index (χ1n) is 10.2. The summed E-state index contributed by atoms with van der Waals surface area (Å²) in [5, 5.41) is 1.83. The van der Waals surface area contributed by atoms with Gasteiger partial charge in [0.05, 0.1) is 10.6 Å². The smallest absolute Gasteiger partial charge is 0.308 e. The van der Waals surface area contributed by atoms with E-state index in [0.717, 1.165) is 10.8 Å². The first-order valence-corrected chi connectivity index (χ1v) is 13.2. The number of rotatable bonds is 9. The highest BCUT2D eigenvalue weighted by Gasteiger charge is 2.29. The number of benzene rings is 3. The minimum Gasteiger partial charge on any atom is -0.382 e. The largest absolute Gasteiger partial charge is 0.382 e. The summed E-state index contributed by atoms with van der Waals surface area (Å²) in [6.07, 6.45) is 0.632. The number of nitrogens with zero attached hydrogens (tertiary/aromatic N) is 1. The highest BCUT2D eigenvalue weighted by Crippen LogP contribution is 2.26. The van der Waals surface area contributed by atoms with Gasteiger partial charge in [0, 0.05) is 12.6 Å². The molecular formula is C23H27NO5S2. The van der Waals surface area contributed by atoms with Crippen molar-refractivity contribution in [1.29, 1.82) is 0 Å². The van der Waals surface area contributed by atoms with E-state index in [1.165, 1.54) is 11.2 Å². The van der Waals surface area contributed by atoms with Crippen LogP contribution in [0.5, 0.6) is 5.75 Å². The zero-order valence-corrected chi connectivity index (χ0v) is 19.5. The van der Waals surface area contributed by atoms with Crippen LogP contribution in [0.25, 0.3) is 10.8 Å². The molecule has 166 valence electrons. The third-order valence-electron chi connectivity index (χ3n) is 5.22. The molecule has 0 saturated heterocycles. The van der Waals surface area contributed by atoms with Crippen molar-refractivity contribution in [2.45, 2.75) is 44.7 Å². The molecule has 0 amide bonds. The van der Waals surface area contributed by atoms with Crippen LogP contribution in [0.1, 0.15) is 32.8 Å². The lowest BCUT2D eigenvalue weighted by Crippen LogP contribution is -2.37. The summed E-state index contributed by atoms with van der Waals surface area (Å²) in [5.74, 6) is 0.0265. The Hall–Kier alpha value is -2.42. The molecule has 0 saturated carbocycles. The Morgan fingerprint density at radius 2 is 1.58 bits per heavy atom. The third kappa shape index (κ3) is 5.44. The van der Waals surface area contributed by atoms with Gasteiger partial charge in [0.2, 0.25) is 10.0 Å². The van der Waals surface area contributed by atoms with Crippen LogP contribution in [0.4, 0.5) is 0 Å². The van der Waals surface area contributed by atoms with Crippen molar-refractivity contribution in [3.63, 3.8) is 0 Å². The summed E-state index contributed by atoms with van der Waals surface area (Å²) in [6, 6.07) is 19.0. The van der Waals surface area contributed by atoms with E-state index in [9.17, 15) is 16.8 Å². The highest BCUT2D eigenvalue weighted by atomic mass is 32.2. The molecule has 0 aromatic heterocycles. The van der Waals surface area contributed by atoms with Crippen molar-refractivity contribution in [2.75, 3.05) is 5.75 Å². The molecule has 1 unspecified atom stereocenters. The third-order valence-corrected chi connectivity index (χ3v) is 8.33. The zero-order valence-electron chi connectivity index (χ0n) is 17.9. The SMILES string of the molecule is CCC(C)N(Cc1cccc(OS(=O)(=O)CC)c1)S(=O)(=O)c1ccc2ccccc2c1. The van der Waals surface area contributed by atoms with E-state index in [4.69, 9.17) is 4.18 Å². The number of hydrogen-bond donors (Lipinski definition) is 0. The van der Waals surface area contributed by atoms with Crippen LogP contribution in [-0.4, -0.2) is 32.9 Å². The van der Waals surface area contributed by atoms with E-state index in [0.29, 0.717) is 12.0 Å². The normalized spacial score (nSPS) is 13.4. The molecule has 3 aromatic carbocycles. The van der Waals surface area contributed by atoms with E-state index >= 15 is 0 Å². The summed E-state index contributed by atoms with van der Waals surface area (Å²) in [4.78, 5) is 0.229. The number of sulfonamides is 1. The van der Waals surface area contributed by atoms with Crippen molar-refractivity contribution >= 4 is 30.9 Å². The van der Waals surface area contributed by atoms with Gasteiger partial charge in [0.25, 0.3) is 0 Å². The summed E-state index contributed by atoms with van der Waals surface area (Å²) >= 11 is 0. The van der Waals surface area contributed by atoms with Gasteiger partial charge in [-0.15, -0.1) is 0 Å². The van der Waals surface area contributed by atoms with E-state index < -0.39 is 20.1 Å². The van der Waals surface area contributed by atoms with E-state index in [2.05, 4.69) is 0 Å². The first-order chi connectivity index (χ1) is 14.7. The molecule has 8 heteroatoms. The van der Waals surface area contributed by atoms with Crippen LogP contribution in [0.2, 0.25) is 0 Å². The lowest BCUT2D eigenvalue weighted by Gasteiger charge is -2.28. The molecule has 0 fully saturated rings. The Kier molecular flexibility index (Phi) is 7.03. The maximum absolute atomic E-state index is 13.5. The van der Waals surface area contributed by atoms with Gasteiger partial charge in [-0.1, -0.05) is 49.4 Å². The fourth-order valence-corrected chi connectivity index (χ4v) is 5.47. The topological polar surface area (TPSA) is 80.8 Å². The lowest BCUT2D eigenvalue weighted by molar-refractivity contribution is 0.322. The van der Waals surface area contributed by atoms with E-state index in [1.807, 2.05) is 38.1 Å². The van der Waals surface area contributed by atoms with Gasteiger partial charge in [-0.05, 0) is 60.9 Å². The Labute approximate surface area is 184 Å². The molecule has 3 rings (SSSR count). The van der Waals surface area contributed by atoms with Crippen molar-refractivity contribution in [3.8, 4) is 5.75 Å². The molecule has 0 aliphatic rings. The molecule has 0 aliphatic carbocycles. The Morgan fingerprint density at radius 1 is 0.871 bits per heavy atom. The first kappa shape index (κ1) is 23.2. The average molecular weight is 462 g/mol. The van der Waals surface area contributed by atoms with Crippen molar-refractivity contribution < 1.29 is 21.0 Å². The molecule has 0 bridgehead atoms. The average Bonchev–Trinajstić information content (AvgIpc) is 2.76. The molecule has 0 aliphatic heterocycles. The fourth-order valence-electron chi connectivity index (χ4n) is 3.23. The minimum absolute atomic E-state index is 0.105. The predicted molar refractivity (Wildman–Crippen MR) is 123 cm³/mol. The van der Waals surface area contributed by atoms with Crippen LogP contribution in [0, 0.1) is 0 Å². The van der Waals surface area contributed by atoms with Crippen LogP contribution < -0.4 is 4.18 Å². The molecule has 6 nitrogen and oxygen atoms in total. The van der Waals surface area contributed by atoms with Gasteiger partial charge in [-0.25, -0.2) is 8.42 Å². The van der Waals surface area contributed by atoms with Crippen LogP contribution in [0.15, 0.2) is 71.6 Å². The molecule has 0 N–H and O–H groups in total. The maximum Gasteiger partial charge on any atom is 0.308 e. The van der Waals surface area contributed by atoms with Crippen LogP contribution >= 0.6 is 0 Å². The lowest BCUT2D eigenvalue weighted by atomic mass is 10.1. The molecule has 0 heterocycles. The molecule has 0 spiro atoms. The quantitative estimate of drug-likeness (QED) is 0.437. The van der Waals surface area contributed by atoms with Crippen molar-refractivity contribution in [2.24, 2.45) is 0 Å². The minimum atomic E-state index is -3.78. The summed E-state index contributed by atoms with van der Waals surface area (Å²) in [7, 11) is -7.44. The van der Waals surface area contributed by atoms with Gasteiger partial charge in [0.1, 0.15) is 5.75 Å². The summed E-state index contributed by atoms with van der Waals surface area (Å²) < 4.78 is 57.2. The van der Waals surface area contributed by atoms with Gasteiger partial charge in [-0.3, -0.25) is 0 Å². The standard InChI is InChI=1S/C23H27NO5S2/c1-4-18(3)24(17-19-9-8-12-22(15-19)29-30(25,26)5-2)31(27,28)23-14-13-20-10-6-7-11-21(20)16-23/h6-16,18H,4-5,17H2,1-3H3. The molecule has 3 aromatic rings. The second-order valence-corrected chi connectivity index (χ2v) is 11.1. The number of hydrogen-bond acceptors (Lipinski definition) is 5. The fraction of sp³-hybridized carbons (Fsp3) is 0.304. The molecule has 1 atom stereocenters. The zero-order chi connectivity index (χ0) is 22.6. The Bertz CT molecular complexity index is 1270. The highest BCUT2D eigenvalue weighted by molar-refractivity contribution is 7.89. The Morgan fingerprint density at radius 3 is 2.26 bits per heavy atom. The van der Waals surface area contributed by atoms with Gasteiger partial charge >= 0.3 is 10.1 Å². The van der Waals surface area contributed by atoms with Crippen molar-refractivity contribution in [1.82, 2.24) is 4.31 Å². The van der Waals surface area contributed by atoms with E-state index in [-0.39, 0.29) is 29.0 Å². The van der Waals surface area contributed by atoms with Crippen molar-refractivity contribution in [3.05, 3.63) is 72.3 Å². The van der Waals surface area contributed by atoms with Gasteiger partial charge in [-0.2, -0.15) is 12.7 Å². The van der Waals surface area contributed by atoms with Gasteiger partial charge in [0.15, 0.2) is 0 Å². The van der Waals surface area contributed by atoms with E-state index in [1.54, 1.807) is 42.5 Å². The maximum atomic E-state index is 13.5. The summed E-state index contributed by atoms with van der Waals surface area (Å²) in [5.41, 5.74) is 0.647. The predicted octanol–water partition coefficient (Wildman–Crippen LogP) is 4.56. The molecule has 0 radical (unpaired) electrons. The number of fused-ring (bicyclic) bond motifs is 1.